The van der Waals surface area contributed by atoms with Gasteiger partial charge in [0.25, 0.3) is 0 Å². The summed E-state index contributed by atoms with van der Waals surface area (Å²) in [5, 5.41) is 6.96. The van der Waals surface area contributed by atoms with E-state index in [1.807, 2.05) is 0 Å². The maximum Gasteiger partial charge on any atom is 0.213 e. The average molecular weight is 1500 g/mol. The third kappa shape index (κ3) is 18.7. The first-order valence-electron chi connectivity index (χ1n) is 42.5. The lowest BCUT2D eigenvalue weighted by molar-refractivity contribution is -0.633. The summed E-state index contributed by atoms with van der Waals surface area (Å²) in [7, 11) is 10.9. The summed E-state index contributed by atoms with van der Waals surface area (Å²) in [6, 6.07) is 99.5. The van der Waals surface area contributed by atoms with Crippen LogP contribution in [0.4, 0.5) is 0 Å². The number of hydrogen-bond donors (Lipinski definition) is 0. The highest BCUT2D eigenvalue weighted by molar-refractivity contribution is 5.86. The third-order valence-corrected chi connectivity index (χ3v) is 24.4. The van der Waals surface area contributed by atoms with E-state index in [4.69, 9.17) is 0 Å². The molecule has 2 fully saturated rings. The van der Waals surface area contributed by atoms with Gasteiger partial charge in [0.05, 0.1) is 0 Å². The number of benzene rings is 10. The van der Waals surface area contributed by atoms with Crippen molar-refractivity contribution in [1.29, 1.82) is 0 Å². The second-order valence-electron chi connectivity index (χ2n) is 34.2. The molecule has 17 rings (SSSR count). The van der Waals surface area contributed by atoms with Crippen molar-refractivity contribution >= 4 is 54.5 Å². The minimum atomic E-state index is 0.654. The van der Waals surface area contributed by atoms with Crippen molar-refractivity contribution in [2.24, 2.45) is 64.8 Å². The van der Waals surface area contributed by atoms with Gasteiger partial charge in [-0.2, -0.15) is 22.8 Å². The Morgan fingerprint density at radius 1 is 0.237 bits per heavy atom. The molecule has 0 saturated heterocycles. The van der Waals surface area contributed by atoms with Gasteiger partial charge in [-0.05, 0) is 213 Å². The number of aryl methyl sites for hydroxylation is 10. The Bertz CT molecular complexity index is 5680. The van der Waals surface area contributed by atoms with Crippen LogP contribution in [0.5, 0.6) is 0 Å². The molecule has 0 amide bonds. The molecular weight excluding hydrogens is 1380 g/mol. The first-order valence-corrected chi connectivity index (χ1v) is 42.5. The molecule has 15 aromatic rings. The fraction of sp³-hybridized carbons (Fsp3) is 0.312. The second kappa shape index (κ2) is 37.5. The third-order valence-electron chi connectivity index (χ3n) is 24.4. The van der Waals surface area contributed by atoms with Gasteiger partial charge in [-0.15, -0.1) is 0 Å². The summed E-state index contributed by atoms with van der Waals surface area (Å²) in [6.07, 6.45) is 17.1. The van der Waals surface area contributed by atoms with Gasteiger partial charge in [0, 0.05) is 115 Å². The molecular formula is C109H124N5+5. The number of hydrogen-bond acceptors (Lipinski definition) is 0. The maximum atomic E-state index is 2.45. The van der Waals surface area contributed by atoms with Crippen LogP contribution in [0.15, 0.2) is 273 Å². The zero-order valence-corrected chi connectivity index (χ0v) is 71.3. The van der Waals surface area contributed by atoms with Crippen molar-refractivity contribution in [2.45, 2.75) is 160 Å². The van der Waals surface area contributed by atoms with Crippen LogP contribution >= 0.6 is 0 Å². The van der Waals surface area contributed by atoms with Crippen LogP contribution in [-0.2, 0) is 67.3 Å². The second-order valence-corrected chi connectivity index (χ2v) is 34.2. The smallest absolute Gasteiger partial charge is 0.194 e. The van der Waals surface area contributed by atoms with Crippen LogP contribution < -0.4 is 22.8 Å². The summed E-state index contributed by atoms with van der Waals surface area (Å²) >= 11 is 0. The Morgan fingerprint density at radius 2 is 0.474 bits per heavy atom. The van der Waals surface area contributed by atoms with E-state index in [2.05, 4.69) is 407 Å². The molecule has 580 valence electrons. The van der Waals surface area contributed by atoms with E-state index in [0.717, 1.165) is 31.1 Å². The molecule has 2 aliphatic carbocycles. The summed E-state index contributed by atoms with van der Waals surface area (Å²) < 4.78 is 11.7. The number of pyridine rings is 5. The van der Waals surface area contributed by atoms with Crippen molar-refractivity contribution in [1.82, 2.24) is 0 Å². The van der Waals surface area contributed by atoms with E-state index in [0.29, 0.717) is 17.8 Å². The van der Waals surface area contributed by atoms with Gasteiger partial charge in [0.15, 0.2) is 0 Å². The summed E-state index contributed by atoms with van der Waals surface area (Å²) in [5.74, 6) is 3.75. The van der Waals surface area contributed by atoms with Gasteiger partial charge in [-0.3, -0.25) is 0 Å². The van der Waals surface area contributed by atoms with E-state index < -0.39 is 0 Å². The zero-order valence-electron chi connectivity index (χ0n) is 71.3. The summed E-state index contributed by atoms with van der Waals surface area (Å²) in [6.45, 7) is 24.6. The highest BCUT2D eigenvalue weighted by atomic mass is 15.0. The molecule has 0 spiro atoms. The molecule has 10 aromatic carbocycles. The normalized spacial score (nSPS) is 13.0. The minimum Gasteiger partial charge on any atom is -0.194 e. The van der Waals surface area contributed by atoms with Gasteiger partial charge in [-0.25, -0.2) is 0 Å². The Morgan fingerprint density at radius 3 is 0.807 bits per heavy atom. The highest BCUT2D eigenvalue weighted by Crippen LogP contribution is 2.36. The van der Waals surface area contributed by atoms with Crippen LogP contribution in [0.1, 0.15) is 149 Å². The van der Waals surface area contributed by atoms with Crippen LogP contribution in [0.2, 0.25) is 0 Å². The molecule has 0 radical (unpaired) electrons. The largest absolute Gasteiger partial charge is 0.213 e. The molecule has 5 heteroatoms. The van der Waals surface area contributed by atoms with Crippen molar-refractivity contribution in [3.63, 3.8) is 0 Å². The Hall–Kier alpha value is -10.8. The van der Waals surface area contributed by atoms with Crippen LogP contribution in [0.25, 0.3) is 111 Å². The Kier molecular flexibility index (Phi) is 26.7. The Labute approximate surface area is 682 Å². The lowest BCUT2D eigenvalue weighted by atomic mass is 9.93. The van der Waals surface area contributed by atoms with Crippen molar-refractivity contribution < 1.29 is 22.8 Å². The van der Waals surface area contributed by atoms with Gasteiger partial charge in [0.1, 0.15) is 35.2 Å². The lowest BCUT2D eigenvalue weighted by Crippen LogP contribution is -2.33. The minimum absolute atomic E-state index is 0.654. The number of rotatable bonds is 15. The van der Waals surface area contributed by atoms with E-state index >= 15 is 0 Å². The lowest BCUT2D eigenvalue weighted by Gasteiger charge is -2.14. The first-order chi connectivity index (χ1) is 55.2. The van der Waals surface area contributed by atoms with Gasteiger partial charge in [-0.1, -0.05) is 245 Å². The average Bonchev–Trinajstić information content (AvgIpc) is 0.842. The van der Waals surface area contributed by atoms with Crippen molar-refractivity contribution in [3.05, 3.63) is 329 Å². The molecule has 114 heavy (non-hydrogen) atoms. The monoisotopic (exact) mass is 1500 g/mol. The van der Waals surface area contributed by atoms with E-state index in [9.17, 15) is 0 Å². The van der Waals surface area contributed by atoms with E-state index in [-0.39, 0.29) is 0 Å². The van der Waals surface area contributed by atoms with E-state index in [1.165, 1.54) is 231 Å². The topological polar surface area (TPSA) is 19.4 Å². The molecule has 5 nitrogen and oxygen atoms in total. The zero-order chi connectivity index (χ0) is 80.1. The first kappa shape index (κ1) is 81.3. The number of aromatic nitrogens is 5. The molecule has 0 N–H and O–H groups in total. The number of nitrogens with zero attached hydrogens (tertiary/aromatic N) is 5. The molecule has 0 unspecified atom stereocenters. The molecule has 2 aliphatic rings. The predicted octanol–water partition coefficient (Wildman–Crippen LogP) is 25.3. The molecule has 0 bridgehead atoms. The number of fused-ring (bicyclic) bond motifs is 5. The SMILES string of the molecule is Cc1ccccc1-c1cc(CC(C)C)c2ccccc2[n+]1C.Cc1ccccc1-c1cc(CC2CCCC2)c2ccccc2[n+]1C.Cc1ccccc1-c1ccc2c(CC(C)C)cccc2[n+]1C.Cc1ccccc1-c1ccc2c(CC(C)C)cccc2[n+]1C.Cc1ccccc1-c1ccc2c(CC3CCCC3)cccc2[n+]1C. The van der Waals surface area contributed by atoms with E-state index in [1.54, 1.807) is 0 Å². The van der Waals surface area contributed by atoms with Crippen LogP contribution in [-0.4, -0.2) is 0 Å². The quantitative estimate of drug-likeness (QED) is 0.0912. The van der Waals surface area contributed by atoms with Crippen molar-refractivity contribution in [2.75, 3.05) is 0 Å². The highest BCUT2D eigenvalue weighted by Gasteiger charge is 2.27. The van der Waals surface area contributed by atoms with Gasteiger partial charge >= 0.3 is 0 Å². The summed E-state index contributed by atoms with van der Waals surface area (Å²) in [5.41, 5.74) is 33.7. The number of para-hydroxylation sites is 2. The fourth-order valence-corrected chi connectivity index (χ4v) is 18.4. The standard InChI is InChI=1S/2C23H26N.3C21H24N/c1-17-9-3-6-12-20(17)23-16-19(15-18-10-4-5-11-18)21-13-7-8-14-22(21)24(23)2;1-17-8-3-6-12-20(17)23-15-14-21-19(16-18-9-4-5-10-18)11-7-13-22(21)24(23)2;1-15(2)13-17-14-21(18-10-6-5-9-16(18)3)22(4)20-12-8-7-11-19(17)20;2*1-15(2)14-17-9-7-11-20-19(17)12-13-21(22(20)4)18-10-6-5-8-16(18)3/h3,6-9,12-14,16,18H,4-5,10-11,15H2,1-2H3;3,6-8,11-15,18H,4-5,9-10,16H2,1-2H3;5-12,14-15H,13H2,1-4H3;2*5-13,15H,14H2,1-4H3/q5*+1. The molecule has 0 atom stereocenters. The fourth-order valence-electron chi connectivity index (χ4n) is 18.4. The summed E-state index contributed by atoms with van der Waals surface area (Å²) in [4.78, 5) is 0. The predicted molar refractivity (Wildman–Crippen MR) is 483 cm³/mol. The van der Waals surface area contributed by atoms with Crippen molar-refractivity contribution in [3.8, 4) is 56.3 Å². The van der Waals surface area contributed by atoms with Crippen LogP contribution in [0, 0.1) is 64.2 Å². The molecule has 5 aromatic heterocycles. The van der Waals surface area contributed by atoms with Gasteiger partial charge < -0.3 is 0 Å². The Balaban J connectivity index is 0.000000124. The van der Waals surface area contributed by atoms with Gasteiger partial charge in [0.2, 0.25) is 56.1 Å². The van der Waals surface area contributed by atoms with Crippen LogP contribution in [0.3, 0.4) is 0 Å². The molecule has 0 aliphatic heterocycles. The molecule has 2 saturated carbocycles. The molecule has 5 heterocycles. The maximum absolute atomic E-state index is 2.45.